The average Bonchev–Trinajstić information content (AvgIpc) is 2.63. The van der Waals surface area contributed by atoms with Crippen LogP contribution in [0.1, 0.15) is 23.1 Å². The van der Waals surface area contributed by atoms with Crippen LogP contribution in [0.3, 0.4) is 0 Å². The Labute approximate surface area is 151 Å². The van der Waals surface area contributed by atoms with Gasteiger partial charge >= 0.3 is 5.97 Å². The molecular formula is C19H21NO6. The number of aromatic hydroxyl groups is 1. The normalized spacial score (nSPS) is 11.2. The van der Waals surface area contributed by atoms with Gasteiger partial charge in [-0.15, -0.1) is 0 Å². The molecule has 0 aromatic heterocycles. The van der Waals surface area contributed by atoms with E-state index < -0.39 is 5.97 Å². The molecule has 2 aromatic carbocycles. The van der Waals surface area contributed by atoms with Gasteiger partial charge in [-0.1, -0.05) is 36.4 Å². The summed E-state index contributed by atoms with van der Waals surface area (Å²) in [5.41, 5.74) is 2.68. The minimum absolute atomic E-state index is 0.157. The van der Waals surface area contributed by atoms with E-state index in [1.165, 1.54) is 6.08 Å². The maximum atomic E-state index is 11.8. The van der Waals surface area contributed by atoms with Crippen molar-refractivity contribution in [2.45, 2.75) is 19.4 Å². The third-order valence-corrected chi connectivity index (χ3v) is 3.49. The molecule has 0 aliphatic rings. The molecule has 3 N–H and O–H groups in total. The molecule has 0 aliphatic heterocycles. The van der Waals surface area contributed by atoms with Crippen LogP contribution in [-0.4, -0.2) is 33.5 Å². The molecule has 0 bridgehead atoms. The zero-order valence-corrected chi connectivity index (χ0v) is 14.1. The molecule has 26 heavy (non-hydrogen) atoms. The Kier molecular flexibility index (Phi) is 7.78. The summed E-state index contributed by atoms with van der Waals surface area (Å²) in [7, 11) is 0. The van der Waals surface area contributed by atoms with E-state index in [9.17, 15) is 9.90 Å². The van der Waals surface area contributed by atoms with E-state index in [1.54, 1.807) is 30.3 Å². The highest BCUT2D eigenvalue weighted by molar-refractivity contribution is 5.87. The minimum atomic E-state index is -0.456. The third-order valence-electron chi connectivity index (χ3n) is 3.49. The van der Waals surface area contributed by atoms with Crippen molar-refractivity contribution in [2.75, 3.05) is 6.61 Å². The summed E-state index contributed by atoms with van der Waals surface area (Å²) >= 11 is 0. The van der Waals surface area contributed by atoms with Crippen LogP contribution in [0.4, 0.5) is 0 Å². The third kappa shape index (κ3) is 7.45. The van der Waals surface area contributed by atoms with Gasteiger partial charge in [0.2, 0.25) is 0 Å². The molecule has 7 heteroatoms. The Bertz CT molecular complexity index is 727. The summed E-state index contributed by atoms with van der Waals surface area (Å²) in [5.74, 6) is -0.288. The van der Waals surface area contributed by atoms with E-state index in [0.717, 1.165) is 16.7 Å². The van der Waals surface area contributed by atoms with Gasteiger partial charge in [0.05, 0.1) is 12.0 Å². The molecule has 0 saturated heterocycles. The zero-order chi connectivity index (χ0) is 18.8. The van der Waals surface area contributed by atoms with Crippen LogP contribution in [0, 0.1) is 0 Å². The smallest absolute Gasteiger partial charge is 0.331 e. The maximum absolute atomic E-state index is 11.8. The molecule has 0 fully saturated rings. The van der Waals surface area contributed by atoms with E-state index in [4.69, 9.17) is 15.2 Å². The molecule has 0 spiro atoms. The summed E-state index contributed by atoms with van der Waals surface area (Å²) in [6.45, 7) is 0.332. The van der Waals surface area contributed by atoms with Crippen LogP contribution in [0.25, 0.3) is 6.08 Å². The Morgan fingerprint density at radius 3 is 2.54 bits per heavy atom. The SMILES string of the molecule is O=C(/C=C/c1ccc(O)cc1)OCc1cccc(CCCON(O)O)c1. The van der Waals surface area contributed by atoms with Gasteiger partial charge in [-0.3, -0.25) is 15.3 Å². The number of hydrogen-bond acceptors (Lipinski definition) is 7. The second-order valence-electron chi connectivity index (χ2n) is 5.54. The van der Waals surface area contributed by atoms with Crippen LogP contribution < -0.4 is 0 Å². The van der Waals surface area contributed by atoms with Crippen LogP contribution >= 0.6 is 0 Å². The molecule has 7 nitrogen and oxygen atoms in total. The number of aryl methyl sites for hydroxylation is 1. The number of esters is 1. The van der Waals surface area contributed by atoms with Crippen LogP contribution in [0.15, 0.2) is 54.6 Å². The lowest BCUT2D eigenvalue weighted by Gasteiger charge is -2.07. The number of carbonyl (C=O) groups is 1. The van der Waals surface area contributed by atoms with Gasteiger partial charge in [-0.25, -0.2) is 4.79 Å². The zero-order valence-electron chi connectivity index (χ0n) is 14.1. The number of phenols is 1. The Morgan fingerprint density at radius 2 is 1.81 bits per heavy atom. The lowest BCUT2D eigenvalue weighted by atomic mass is 10.1. The van der Waals surface area contributed by atoms with E-state index in [1.807, 2.05) is 24.3 Å². The maximum Gasteiger partial charge on any atom is 0.331 e. The molecule has 0 aliphatic carbocycles. The summed E-state index contributed by atoms with van der Waals surface area (Å²) in [5, 5.41) is 25.8. The van der Waals surface area contributed by atoms with E-state index in [2.05, 4.69) is 4.84 Å². The number of benzene rings is 2. The largest absolute Gasteiger partial charge is 0.508 e. The molecule has 0 heterocycles. The molecule has 0 amide bonds. The van der Waals surface area contributed by atoms with Gasteiger partial charge in [-0.05, 0) is 47.7 Å². The van der Waals surface area contributed by atoms with Crippen molar-refractivity contribution in [3.05, 3.63) is 71.3 Å². The lowest BCUT2D eigenvalue weighted by molar-refractivity contribution is -0.492. The predicted molar refractivity (Wildman–Crippen MR) is 93.1 cm³/mol. The minimum Gasteiger partial charge on any atom is -0.508 e. The van der Waals surface area contributed by atoms with Gasteiger partial charge < -0.3 is 9.84 Å². The summed E-state index contributed by atoms with van der Waals surface area (Å²) < 4.78 is 5.21. The van der Waals surface area contributed by atoms with Crippen molar-refractivity contribution < 1.29 is 29.9 Å². The monoisotopic (exact) mass is 359 g/mol. The molecule has 2 aromatic rings. The highest BCUT2D eigenvalue weighted by Gasteiger charge is 2.02. The van der Waals surface area contributed by atoms with Crippen molar-refractivity contribution in [1.82, 2.24) is 5.39 Å². The summed E-state index contributed by atoms with van der Waals surface area (Å²) in [6, 6.07) is 14.1. The van der Waals surface area contributed by atoms with Gasteiger partial charge in [0, 0.05) is 6.08 Å². The Morgan fingerprint density at radius 1 is 1.08 bits per heavy atom. The van der Waals surface area contributed by atoms with Crippen molar-refractivity contribution in [2.24, 2.45) is 0 Å². The number of nitrogens with zero attached hydrogens (tertiary/aromatic N) is 1. The number of carbonyl (C=O) groups excluding carboxylic acids is 1. The highest BCUT2D eigenvalue weighted by Crippen LogP contribution is 2.12. The fourth-order valence-corrected chi connectivity index (χ4v) is 2.25. The van der Waals surface area contributed by atoms with Crippen molar-refractivity contribution >= 4 is 12.0 Å². The number of rotatable bonds is 9. The first-order valence-electron chi connectivity index (χ1n) is 8.05. The molecule has 0 unspecified atom stereocenters. The predicted octanol–water partition coefficient (Wildman–Crippen LogP) is 3.09. The second-order valence-corrected chi connectivity index (χ2v) is 5.54. The fraction of sp³-hybridized carbons (Fsp3) is 0.211. The molecule has 0 saturated carbocycles. The molecule has 0 radical (unpaired) electrons. The van der Waals surface area contributed by atoms with Crippen LogP contribution in [0.5, 0.6) is 5.75 Å². The lowest BCUT2D eigenvalue weighted by Crippen LogP contribution is -2.15. The number of phenolic OH excluding ortho intramolecular Hbond substituents is 1. The fourth-order valence-electron chi connectivity index (χ4n) is 2.25. The molecule has 2 rings (SSSR count). The average molecular weight is 359 g/mol. The number of ether oxygens (including phenoxy) is 1. The van der Waals surface area contributed by atoms with Gasteiger partial charge in [0.1, 0.15) is 12.4 Å². The van der Waals surface area contributed by atoms with E-state index in [0.29, 0.717) is 12.8 Å². The van der Waals surface area contributed by atoms with Gasteiger partial charge in [0.15, 0.2) is 0 Å². The first kappa shape index (κ1) is 19.6. The first-order valence-corrected chi connectivity index (χ1v) is 8.05. The van der Waals surface area contributed by atoms with E-state index >= 15 is 0 Å². The summed E-state index contributed by atoms with van der Waals surface area (Å²) in [4.78, 5) is 16.3. The second kappa shape index (κ2) is 10.3. The van der Waals surface area contributed by atoms with E-state index in [-0.39, 0.29) is 24.4 Å². The standard InChI is InChI=1S/C19H21NO6/c21-18-9-6-15(7-10-18)8-11-19(22)25-14-17-4-1-3-16(13-17)5-2-12-26-20(23)24/h1,3-4,6-11,13,21,23-24H,2,5,12,14H2/b11-8+. The molecule has 138 valence electrons. The topological polar surface area (TPSA) is 99.5 Å². The number of hydrogen-bond donors (Lipinski definition) is 3. The van der Waals surface area contributed by atoms with Crippen molar-refractivity contribution in [1.29, 1.82) is 0 Å². The van der Waals surface area contributed by atoms with Crippen LogP contribution in [-0.2, 0) is 27.4 Å². The van der Waals surface area contributed by atoms with Crippen LogP contribution in [0.2, 0.25) is 0 Å². The van der Waals surface area contributed by atoms with Gasteiger partial charge in [-0.2, -0.15) is 0 Å². The molecular weight excluding hydrogens is 338 g/mol. The van der Waals surface area contributed by atoms with Crippen molar-refractivity contribution in [3.63, 3.8) is 0 Å². The Balaban J connectivity index is 1.78. The van der Waals surface area contributed by atoms with Gasteiger partial charge in [0.25, 0.3) is 0 Å². The quantitative estimate of drug-likeness (QED) is 0.274. The molecule has 0 atom stereocenters. The highest BCUT2D eigenvalue weighted by atomic mass is 17.1. The van der Waals surface area contributed by atoms with Crippen molar-refractivity contribution in [3.8, 4) is 5.75 Å². The summed E-state index contributed by atoms with van der Waals surface area (Å²) in [6.07, 6.45) is 4.25. The Hall–Kier alpha value is -2.71. The first-order chi connectivity index (χ1) is 12.5.